The number of fused-ring (bicyclic) bond motifs is 1. The van der Waals surface area contributed by atoms with Crippen molar-refractivity contribution in [2.75, 3.05) is 18.1 Å². The molecule has 2 heterocycles. The summed E-state index contributed by atoms with van der Waals surface area (Å²) >= 11 is 0. The van der Waals surface area contributed by atoms with E-state index in [4.69, 9.17) is 0 Å². The van der Waals surface area contributed by atoms with Crippen LogP contribution in [0.5, 0.6) is 0 Å². The van der Waals surface area contributed by atoms with E-state index in [-0.39, 0.29) is 12.6 Å². The van der Waals surface area contributed by atoms with Crippen molar-refractivity contribution in [3.05, 3.63) is 78.8 Å². The number of H-pyrrole nitrogens is 1. The molecule has 1 atom stereocenters. The summed E-state index contributed by atoms with van der Waals surface area (Å²) in [7, 11) is -3.30. The molecule has 0 saturated carbocycles. The van der Waals surface area contributed by atoms with Crippen LogP contribution < -0.4 is 10.0 Å². The molecule has 0 amide bonds. The van der Waals surface area contributed by atoms with Crippen LogP contribution in [0.1, 0.15) is 11.6 Å². The van der Waals surface area contributed by atoms with Gasteiger partial charge in [-0.3, -0.25) is 10.1 Å². The summed E-state index contributed by atoms with van der Waals surface area (Å²) in [6.45, 7) is 0.230. The summed E-state index contributed by atoms with van der Waals surface area (Å²) in [5, 5.41) is 11.4. The normalized spacial score (nSPS) is 12.7. The smallest absolute Gasteiger partial charge is 0.208 e. The van der Waals surface area contributed by atoms with E-state index < -0.39 is 10.0 Å². The van der Waals surface area contributed by atoms with E-state index >= 15 is 0 Å². The Balaban J connectivity index is 1.61. The Bertz CT molecular complexity index is 1220. The first kappa shape index (κ1) is 19.1. The second kappa shape index (κ2) is 8.02. The number of hydrogen-bond acceptors (Lipinski definition) is 5. The number of hydrogen-bond donors (Lipinski definition) is 3. The van der Waals surface area contributed by atoms with Crippen molar-refractivity contribution < 1.29 is 8.42 Å². The zero-order chi connectivity index (χ0) is 20.3. The predicted octanol–water partition coefficient (Wildman–Crippen LogP) is 3.33. The van der Waals surface area contributed by atoms with E-state index in [2.05, 4.69) is 31.3 Å². The molecule has 0 radical (unpaired) electrons. The quantitative estimate of drug-likeness (QED) is 0.436. The van der Waals surface area contributed by atoms with Crippen LogP contribution in [-0.4, -0.2) is 36.4 Å². The highest BCUT2D eigenvalue weighted by Gasteiger charge is 2.14. The Morgan fingerprint density at radius 2 is 1.83 bits per heavy atom. The van der Waals surface area contributed by atoms with E-state index in [1.54, 1.807) is 18.6 Å². The fourth-order valence-corrected chi connectivity index (χ4v) is 3.64. The number of rotatable bonds is 7. The molecular formula is C21H21N5O2S. The number of nitrogens with one attached hydrogen (secondary N) is 3. The molecule has 2 aromatic heterocycles. The average molecular weight is 407 g/mol. The van der Waals surface area contributed by atoms with Crippen molar-refractivity contribution in [3.8, 4) is 11.1 Å². The molecule has 0 bridgehead atoms. The standard InChI is InChI=1S/C21H21N5O2S/c1-29(27,28)24-14-21(15-5-3-2-4-6-15)25-19-10-17(11-22-13-19)16-7-8-20-18(9-16)12-23-26-20/h2-13,21,24-25H,14H2,1H3,(H,23,26)/t21-/m0/s1. The van der Waals surface area contributed by atoms with Crippen molar-refractivity contribution in [1.82, 2.24) is 19.9 Å². The molecule has 4 aromatic rings. The third-order valence-corrected chi connectivity index (χ3v) is 5.30. The van der Waals surface area contributed by atoms with Gasteiger partial charge in [-0.25, -0.2) is 13.1 Å². The predicted molar refractivity (Wildman–Crippen MR) is 115 cm³/mol. The highest BCUT2D eigenvalue weighted by molar-refractivity contribution is 7.88. The first-order valence-electron chi connectivity index (χ1n) is 9.13. The lowest BCUT2D eigenvalue weighted by Crippen LogP contribution is -2.30. The SMILES string of the molecule is CS(=O)(=O)NC[C@H](Nc1cncc(-c2ccc3[nH]ncc3c2)c1)c1ccccc1. The number of anilines is 1. The fourth-order valence-electron chi connectivity index (χ4n) is 3.17. The van der Waals surface area contributed by atoms with Gasteiger partial charge in [-0.15, -0.1) is 0 Å². The summed E-state index contributed by atoms with van der Waals surface area (Å²) in [4.78, 5) is 4.36. The van der Waals surface area contributed by atoms with Crippen LogP contribution in [0.2, 0.25) is 0 Å². The zero-order valence-corrected chi connectivity index (χ0v) is 16.6. The van der Waals surface area contributed by atoms with Crippen LogP contribution in [-0.2, 0) is 10.0 Å². The van der Waals surface area contributed by atoms with E-state index in [9.17, 15) is 8.42 Å². The molecule has 29 heavy (non-hydrogen) atoms. The fraction of sp³-hybridized carbons (Fsp3) is 0.143. The molecule has 148 valence electrons. The van der Waals surface area contributed by atoms with E-state index in [0.29, 0.717) is 0 Å². The summed E-state index contributed by atoms with van der Waals surface area (Å²) in [5.74, 6) is 0. The maximum absolute atomic E-state index is 11.6. The van der Waals surface area contributed by atoms with E-state index in [0.717, 1.165) is 39.5 Å². The van der Waals surface area contributed by atoms with Crippen molar-refractivity contribution >= 4 is 26.6 Å². The highest BCUT2D eigenvalue weighted by atomic mass is 32.2. The molecule has 0 spiro atoms. The van der Waals surface area contributed by atoms with E-state index in [1.165, 1.54) is 0 Å². The third-order valence-electron chi connectivity index (χ3n) is 4.60. The van der Waals surface area contributed by atoms with Crippen LogP contribution in [0.3, 0.4) is 0 Å². The van der Waals surface area contributed by atoms with Gasteiger partial charge in [0, 0.05) is 29.9 Å². The highest BCUT2D eigenvalue weighted by Crippen LogP contribution is 2.26. The van der Waals surface area contributed by atoms with Crippen LogP contribution in [0, 0.1) is 0 Å². The number of pyridine rings is 1. The Morgan fingerprint density at radius 1 is 1.00 bits per heavy atom. The summed E-state index contributed by atoms with van der Waals surface area (Å²) in [6.07, 6.45) is 6.48. The maximum atomic E-state index is 11.6. The Hall–Kier alpha value is -3.23. The molecule has 0 aliphatic heterocycles. The molecule has 0 aliphatic rings. The lowest BCUT2D eigenvalue weighted by molar-refractivity contribution is 0.582. The maximum Gasteiger partial charge on any atom is 0.208 e. The van der Waals surface area contributed by atoms with Gasteiger partial charge in [-0.2, -0.15) is 5.10 Å². The minimum Gasteiger partial charge on any atom is -0.376 e. The second-order valence-corrected chi connectivity index (χ2v) is 8.70. The Labute approximate surface area is 169 Å². The van der Waals surface area contributed by atoms with Crippen molar-refractivity contribution in [3.63, 3.8) is 0 Å². The third kappa shape index (κ3) is 4.79. The van der Waals surface area contributed by atoms with Gasteiger partial charge >= 0.3 is 0 Å². The number of sulfonamides is 1. The summed E-state index contributed by atoms with van der Waals surface area (Å²) in [6, 6.07) is 17.5. The lowest BCUT2D eigenvalue weighted by Gasteiger charge is -2.21. The van der Waals surface area contributed by atoms with Crippen LogP contribution in [0.25, 0.3) is 22.0 Å². The molecule has 0 fully saturated rings. The van der Waals surface area contributed by atoms with Crippen LogP contribution >= 0.6 is 0 Å². The van der Waals surface area contributed by atoms with Crippen LogP contribution in [0.15, 0.2) is 73.2 Å². The Kier molecular flexibility index (Phi) is 5.28. The van der Waals surface area contributed by atoms with Gasteiger partial charge in [0.2, 0.25) is 10.0 Å². The lowest BCUT2D eigenvalue weighted by atomic mass is 10.0. The minimum absolute atomic E-state index is 0.230. The van der Waals surface area contributed by atoms with Crippen molar-refractivity contribution in [2.45, 2.75) is 6.04 Å². The van der Waals surface area contributed by atoms with Crippen molar-refractivity contribution in [1.29, 1.82) is 0 Å². The van der Waals surface area contributed by atoms with Gasteiger partial charge in [-0.05, 0) is 29.3 Å². The molecule has 0 saturated heterocycles. The van der Waals surface area contributed by atoms with Gasteiger partial charge in [0.05, 0.1) is 29.7 Å². The number of benzene rings is 2. The molecule has 0 unspecified atom stereocenters. The molecule has 2 aromatic carbocycles. The molecule has 3 N–H and O–H groups in total. The van der Waals surface area contributed by atoms with Gasteiger partial charge in [-0.1, -0.05) is 36.4 Å². The average Bonchev–Trinajstić information content (AvgIpc) is 3.19. The number of aromatic amines is 1. The number of aromatic nitrogens is 3. The second-order valence-electron chi connectivity index (χ2n) is 6.86. The summed E-state index contributed by atoms with van der Waals surface area (Å²) in [5.41, 5.74) is 4.75. The molecular weight excluding hydrogens is 386 g/mol. The first-order chi connectivity index (χ1) is 14.0. The van der Waals surface area contributed by atoms with Gasteiger partial charge in [0.15, 0.2) is 0 Å². The van der Waals surface area contributed by atoms with Gasteiger partial charge in [0.25, 0.3) is 0 Å². The first-order valence-corrected chi connectivity index (χ1v) is 11.0. The topological polar surface area (TPSA) is 99.8 Å². The zero-order valence-electron chi connectivity index (χ0n) is 15.8. The number of nitrogens with zero attached hydrogens (tertiary/aromatic N) is 2. The van der Waals surface area contributed by atoms with Crippen LogP contribution in [0.4, 0.5) is 5.69 Å². The molecule has 7 nitrogen and oxygen atoms in total. The van der Waals surface area contributed by atoms with E-state index in [1.807, 2.05) is 48.5 Å². The van der Waals surface area contributed by atoms with Crippen molar-refractivity contribution in [2.24, 2.45) is 0 Å². The van der Waals surface area contributed by atoms with Gasteiger partial charge in [0.1, 0.15) is 0 Å². The van der Waals surface area contributed by atoms with Gasteiger partial charge < -0.3 is 5.32 Å². The largest absolute Gasteiger partial charge is 0.376 e. The Morgan fingerprint density at radius 3 is 2.62 bits per heavy atom. The molecule has 8 heteroatoms. The molecule has 0 aliphatic carbocycles. The molecule has 4 rings (SSSR count). The monoisotopic (exact) mass is 407 g/mol. The minimum atomic E-state index is -3.30. The summed E-state index contributed by atoms with van der Waals surface area (Å²) < 4.78 is 25.8.